The molecule has 34 heavy (non-hydrogen) atoms. The third kappa shape index (κ3) is 0.510. The largest absolute Gasteiger partial charge is 0 e. The Balaban J connectivity index is 0.000000351. The molecule has 10 aliphatic rings. The van der Waals surface area contributed by atoms with Gasteiger partial charge < -0.3 is 5.11 Å². The Bertz CT molecular complexity index is 1330. The molecule has 200 valence electrons. The molecule has 10 heterocycles. The van der Waals surface area contributed by atoms with Crippen molar-refractivity contribution in [1.82, 2.24) is 0 Å². The SMILES string of the molecule is CC(=O)O.CC(C)(C)P(C(C)(C)C)[C]12[CH]3[CH]4[CH]5[CH]1[Fe]45321678[CH]2[CH]1[CH]6[C]7(P(C(C)(C)C)C(C)(C)C)[CH]28.[Pd]. The van der Waals surface area contributed by atoms with E-state index in [4.69, 9.17) is 9.90 Å². The maximum Gasteiger partial charge on any atom is 0 e. The Morgan fingerprint density at radius 1 is 0.618 bits per heavy atom. The van der Waals surface area contributed by atoms with E-state index in [1.165, 1.54) is 38.5 Å². The summed E-state index contributed by atoms with van der Waals surface area (Å²) in [6, 6.07) is 0. The van der Waals surface area contributed by atoms with Crippen LogP contribution in [0.15, 0.2) is 0 Å². The minimum Gasteiger partial charge on any atom is 0 e. The van der Waals surface area contributed by atoms with Crippen LogP contribution < -0.4 is 0 Å². The number of carbonyl (C=O) groups is 1. The van der Waals surface area contributed by atoms with Crippen LogP contribution in [0, 0.1) is 0 Å². The summed E-state index contributed by atoms with van der Waals surface area (Å²) in [5.41, 5.74) is 0. The van der Waals surface area contributed by atoms with Crippen LogP contribution in [0.2, 0.25) is 38.5 Å². The molecule has 0 aromatic rings. The minimum absolute atomic E-state index is 0. The van der Waals surface area contributed by atoms with Gasteiger partial charge >= 0.3 is 173 Å². The van der Waals surface area contributed by atoms with E-state index in [2.05, 4.69) is 83.1 Å². The number of aliphatic carboxylic acids is 1. The van der Waals surface area contributed by atoms with Crippen molar-refractivity contribution >= 4 is 21.8 Å². The molecule has 0 amide bonds. The molecule has 1 spiro atoms. The molecule has 10 rings (SSSR count). The Labute approximate surface area is 214 Å². The van der Waals surface area contributed by atoms with Crippen LogP contribution in [0.5, 0.6) is 0 Å². The quantitative estimate of drug-likeness (QED) is 0.241. The molecule has 10 saturated heterocycles. The van der Waals surface area contributed by atoms with Crippen LogP contribution in [0.1, 0.15) is 90.0 Å². The summed E-state index contributed by atoms with van der Waals surface area (Å²) in [6.07, 6.45) is 0. The molecule has 0 aliphatic carbocycles. The zero-order valence-electron chi connectivity index (χ0n) is 23.5. The zero-order chi connectivity index (χ0) is 24.7. The fourth-order valence-electron chi connectivity index (χ4n) is 21.6. The molecular weight excluding hydrogens is 593 g/mol. The molecule has 10 fully saturated rings. The Morgan fingerprint density at radius 3 is 0.912 bits per heavy atom. The van der Waals surface area contributed by atoms with E-state index in [1.807, 2.05) is 0 Å². The van der Waals surface area contributed by atoms with Crippen molar-refractivity contribution in [2.75, 3.05) is 0 Å². The van der Waals surface area contributed by atoms with E-state index >= 15 is 0 Å². The van der Waals surface area contributed by atoms with E-state index < -0.39 is 12.5 Å². The predicted octanol–water partition coefficient (Wildman–Crippen LogP) is 9.44. The van der Waals surface area contributed by atoms with Crippen LogP contribution in [-0.2, 0) is 31.7 Å². The van der Waals surface area contributed by atoms with Gasteiger partial charge in [0.25, 0.3) is 5.97 Å². The monoisotopic (exact) mass is 640 g/mol. The molecule has 8 atom stereocenters. The van der Waals surface area contributed by atoms with Crippen LogP contribution in [0.3, 0.4) is 0 Å². The molecule has 8 unspecified atom stereocenters. The second-order valence-electron chi connectivity index (χ2n) is 19.6. The molecule has 10 aliphatic heterocycles. The molecule has 0 aromatic carbocycles. The van der Waals surface area contributed by atoms with E-state index in [9.17, 15) is 0 Å². The van der Waals surface area contributed by atoms with Gasteiger partial charge in [-0.1, -0.05) is 0 Å². The maximum atomic E-state index is 9.00. The average molecular weight is 641 g/mol. The van der Waals surface area contributed by atoms with E-state index in [0.717, 1.165) is 15.0 Å². The van der Waals surface area contributed by atoms with E-state index in [1.54, 1.807) is 0 Å². The predicted molar refractivity (Wildman–Crippen MR) is 142 cm³/mol. The van der Waals surface area contributed by atoms with Crippen molar-refractivity contribution in [3.8, 4) is 0 Å². The third-order valence-corrected chi connectivity index (χ3v) is 76.8. The van der Waals surface area contributed by atoms with Crippen molar-refractivity contribution in [2.45, 2.75) is 157 Å². The molecule has 0 radical (unpaired) electrons. The van der Waals surface area contributed by atoms with Gasteiger partial charge in [0.15, 0.2) is 0 Å². The van der Waals surface area contributed by atoms with Crippen LogP contribution in [0.25, 0.3) is 0 Å². The first kappa shape index (κ1) is 23.4. The summed E-state index contributed by atoms with van der Waals surface area (Å²) in [5.74, 6) is -0.833. The van der Waals surface area contributed by atoms with Crippen LogP contribution in [-0.4, -0.2) is 39.8 Å². The van der Waals surface area contributed by atoms with Gasteiger partial charge in [-0.25, -0.2) is 0 Å². The zero-order valence-corrected chi connectivity index (χ0v) is 28.0. The number of carboxylic acids is 1. The average Bonchev–Trinajstić information content (AvgIpc) is 3.44. The molecular formula is C28H48FeO2P2Pd. The minimum atomic E-state index is -3.47. The van der Waals surface area contributed by atoms with Gasteiger partial charge in [-0.15, -0.1) is 0 Å². The van der Waals surface area contributed by atoms with Crippen molar-refractivity contribution in [3.05, 3.63) is 0 Å². The summed E-state index contributed by atoms with van der Waals surface area (Å²) >= 11 is 0. The first-order chi connectivity index (χ1) is 14.4. The molecule has 0 aromatic heterocycles. The van der Waals surface area contributed by atoms with E-state index in [-0.39, 0.29) is 36.3 Å². The van der Waals surface area contributed by atoms with Gasteiger partial charge in [-0.3, -0.25) is 4.79 Å². The summed E-state index contributed by atoms with van der Waals surface area (Å²) in [4.78, 5) is 20.4. The maximum absolute atomic E-state index is 9.00. The van der Waals surface area contributed by atoms with Gasteiger partial charge in [0.2, 0.25) is 0 Å². The topological polar surface area (TPSA) is 37.3 Å². The Hall–Kier alpha value is 1.51. The Kier molecular flexibility index (Phi) is 2.00. The number of fused-ring (bicyclic) bond motifs is 10. The van der Waals surface area contributed by atoms with Gasteiger partial charge in [-0.2, -0.15) is 0 Å². The second kappa shape index (κ2) is 2.90. The summed E-state index contributed by atoms with van der Waals surface area (Å²) in [6.45, 7) is 29.8. The fourth-order valence-corrected chi connectivity index (χ4v) is 133. The van der Waals surface area contributed by atoms with Gasteiger partial charge in [0.1, 0.15) is 0 Å². The third-order valence-electron chi connectivity index (χ3n) is 18.0. The Morgan fingerprint density at radius 2 is 0.794 bits per heavy atom. The molecule has 6 heteroatoms. The number of hydrogen-bond acceptors (Lipinski definition) is 1. The van der Waals surface area contributed by atoms with Crippen molar-refractivity contribution < 1.29 is 36.8 Å². The smallest absolute Gasteiger partial charge is 0 e. The van der Waals surface area contributed by atoms with Crippen molar-refractivity contribution in [1.29, 1.82) is 0 Å². The summed E-state index contributed by atoms with van der Waals surface area (Å²) < 4.78 is 2.08. The fraction of sp³-hybridized carbons (Fsp3) is 0.964. The number of rotatable bonds is 2. The molecule has 0 bridgehead atoms. The first-order valence-electron chi connectivity index (χ1n) is 13.4. The first-order valence-corrected chi connectivity index (χ1v) is 22.3. The van der Waals surface area contributed by atoms with Gasteiger partial charge in [-0.05, 0) is 0 Å². The van der Waals surface area contributed by atoms with Crippen LogP contribution >= 0.6 is 15.8 Å². The summed E-state index contributed by atoms with van der Waals surface area (Å²) in [7, 11) is 0.244. The van der Waals surface area contributed by atoms with Crippen LogP contribution in [0.4, 0.5) is 0 Å². The van der Waals surface area contributed by atoms with Crippen molar-refractivity contribution in [3.63, 3.8) is 0 Å². The van der Waals surface area contributed by atoms with E-state index in [0.29, 0.717) is 20.6 Å². The van der Waals surface area contributed by atoms with Gasteiger partial charge in [0, 0.05) is 27.3 Å². The van der Waals surface area contributed by atoms with Gasteiger partial charge in [0.05, 0.1) is 0 Å². The molecule has 0 saturated carbocycles. The second-order valence-corrected chi connectivity index (χ2v) is 51.8. The number of hydrogen-bond donors (Lipinski definition) is 1. The standard InChI is InChI=1S/2C13H22P.C2H4O2.Fe.Pd/c2*1-12(2,3)14(13(4,5)6)11-9-7-8-10-11;1-2(3)4;;/h2*7-10H,1-6H3;1H3,(H,3,4);;. The normalized spacial score (nSPS) is 69.3. The number of carboxylic acid groups (broad SMARTS) is 1. The van der Waals surface area contributed by atoms with Crippen molar-refractivity contribution in [2.24, 2.45) is 0 Å². The summed E-state index contributed by atoms with van der Waals surface area (Å²) in [5, 5.41) is 9.63. The molecule has 1 N–H and O–H groups in total. The molecule has 2 nitrogen and oxygen atoms in total.